The average Bonchev–Trinajstić information content (AvgIpc) is 3.49. The Kier molecular flexibility index (Phi) is 10.8. The maximum absolute atomic E-state index is 12.2. The lowest BCUT2D eigenvalue weighted by molar-refractivity contribution is -0.339. The van der Waals surface area contributed by atoms with Crippen LogP contribution in [0.5, 0.6) is 0 Å². The minimum absolute atomic E-state index is 0.273. The highest BCUT2D eigenvalue weighted by molar-refractivity contribution is 5.76. The van der Waals surface area contributed by atoms with Crippen LogP contribution >= 0.6 is 0 Å². The molecule has 1 aliphatic carbocycles. The van der Waals surface area contributed by atoms with Crippen LogP contribution in [0.2, 0.25) is 0 Å². The van der Waals surface area contributed by atoms with E-state index in [-0.39, 0.29) is 6.02 Å². The zero-order chi connectivity index (χ0) is 31.7. The number of hydrogen-bond donors (Lipinski definition) is 9. The number of nitrogens with zero attached hydrogens (tertiary/aromatic N) is 2. The van der Waals surface area contributed by atoms with E-state index in [4.69, 9.17) is 23.7 Å². The molecule has 2 saturated heterocycles. The fraction of sp³-hybridized carbons (Fsp3) is 0.880. The van der Waals surface area contributed by atoms with Crippen molar-refractivity contribution in [1.82, 2.24) is 15.5 Å². The minimum atomic E-state index is -1.67. The van der Waals surface area contributed by atoms with Crippen molar-refractivity contribution in [2.45, 2.75) is 99.5 Å². The molecule has 3 heterocycles. The molecule has 18 heteroatoms. The number of nitrogens with one attached hydrogen (secondary N) is 2. The molecular weight excluding hydrogens is 580 g/mol. The Balaban J connectivity index is 1.57. The van der Waals surface area contributed by atoms with Crippen molar-refractivity contribution in [3.8, 4) is 0 Å². The summed E-state index contributed by atoms with van der Waals surface area (Å²) in [7, 11) is 3.42. The van der Waals surface area contributed by atoms with E-state index in [1.54, 1.807) is 19.0 Å². The Hall–Kier alpha value is -2.23. The Morgan fingerprint density at radius 2 is 1.33 bits per heavy atom. The molecule has 0 aromatic carbocycles. The molecule has 18 nitrogen and oxygen atoms in total. The number of ether oxygens (including phenoxy) is 5. The number of fused-ring (bicyclic) bond motifs is 1. The summed E-state index contributed by atoms with van der Waals surface area (Å²) in [4.78, 5) is 30.0. The highest BCUT2D eigenvalue weighted by Gasteiger charge is 2.58. The van der Waals surface area contributed by atoms with Crippen molar-refractivity contribution in [3.05, 3.63) is 0 Å². The number of carbonyl (C=O) groups excluding carboxylic acids is 2. The first kappa shape index (κ1) is 33.7. The zero-order valence-electron chi connectivity index (χ0n) is 24.2. The summed E-state index contributed by atoms with van der Waals surface area (Å²) in [5.74, 6) is -1.99. The van der Waals surface area contributed by atoms with Crippen LogP contribution in [0.25, 0.3) is 0 Å². The lowest BCUT2D eigenvalue weighted by Crippen LogP contribution is -2.69. The fourth-order valence-corrected chi connectivity index (χ4v) is 5.91. The number of hydrogen-bond acceptors (Lipinski definition) is 16. The topological polar surface area (TPSA) is 262 Å². The summed E-state index contributed by atoms with van der Waals surface area (Å²) in [5.41, 5.74) is 0. The average molecular weight is 623 g/mol. The molecule has 1 saturated carbocycles. The van der Waals surface area contributed by atoms with Crippen LogP contribution in [-0.4, -0.2) is 178 Å². The van der Waals surface area contributed by atoms with E-state index in [9.17, 15) is 45.3 Å². The Morgan fingerprint density at radius 1 is 0.791 bits per heavy atom. The van der Waals surface area contributed by atoms with Crippen LogP contribution in [0, 0.1) is 5.92 Å². The molecular formula is C25H42N4O14. The van der Waals surface area contributed by atoms with E-state index in [1.165, 1.54) is 6.92 Å². The van der Waals surface area contributed by atoms with Crippen LogP contribution in [0.4, 0.5) is 0 Å². The first-order chi connectivity index (χ1) is 20.3. The standard InChI is InChI=1S/C25H42N4O14/c1-8(33)26-14-17(36)16(35)11(6-31)39-23(14)42-22-12(7-32)40-24(15(19(22)38)27-9(2)34)41-21-10(5-30)20-13(18(21)37)28-25(43-20)29(3)4/h10-24,30-32,35-38H,5-7H2,1-4H3,(H,26,33)(H,27,34)/t10-,11-,12-,13+,14-,15+,16-,17-,18-,19-,20+,21-,22-,23+,24+/m1/s1. The number of amidine groups is 1. The number of aliphatic hydroxyl groups is 7. The highest BCUT2D eigenvalue weighted by atomic mass is 16.7. The third-order valence-electron chi connectivity index (χ3n) is 8.02. The second-order valence-electron chi connectivity index (χ2n) is 11.3. The second-order valence-corrected chi connectivity index (χ2v) is 11.3. The van der Waals surface area contributed by atoms with Crippen molar-refractivity contribution >= 4 is 17.8 Å². The number of rotatable bonds is 9. The molecule has 0 spiro atoms. The molecule has 9 N–H and O–H groups in total. The van der Waals surface area contributed by atoms with Crippen LogP contribution in [-0.2, 0) is 33.3 Å². The van der Waals surface area contributed by atoms with E-state index in [0.29, 0.717) is 0 Å². The van der Waals surface area contributed by atoms with Crippen molar-refractivity contribution in [3.63, 3.8) is 0 Å². The van der Waals surface area contributed by atoms with Gasteiger partial charge in [0.25, 0.3) is 6.02 Å². The Bertz CT molecular complexity index is 1020. The lowest BCUT2D eigenvalue weighted by atomic mass is 9.94. The van der Waals surface area contributed by atoms with Gasteiger partial charge in [0.1, 0.15) is 67.0 Å². The van der Waals surface area contributed by atoms with Crippen molar-refractivity contribution in [2.75, 3.05) is 33.9 Å². The van der Waals surface area contributed by atoms with Gasteiger partial charge < -0.3 is 75.0 Å². The third kappa shape index (κ3) is 6.74. The normalized spacial score (nSPS) is 44.3. The molecule has 0 aromatic rings. The van der Waals surface area contributed by atoms with Crippen LogP contribution in [0.3, 0.4) is 0 Å². The maximum Gasteiger partial charge on any atom is 0.287 e. The van der Waals surface area contributed by atoms with E-state index in [1.807, 2.05) is 0 Å². The molecule has 0 unspecified atom stereocenters. The van der Waals surface area contributed by atoms with Gasteiger partial charge in [0.05, 0.1) is 31.8 Å². The molecule has 246 valence electrons. The maximum atomic E-state index is 12.2. The number of aliphatic hydroxyl groups excluding tert-OH is 7. The SMILES string of the molecule is CC(=O)N[C@@H]1[C@H](O[C@H]2[C@H](O)[C@@H]3N=C(N(C)C)O[C@H]3[C@H]2CO)O[C@H](CO)[C@@H](O[C@@H]2O[C@H](CO)[C@@H](O)[C@H](O)[C@H]2NC(C)=O)[C@@H]1O. The van der Waals surface area contributed by atoms with Gasteiger partial charge in [0.2, 0.25) is 11.8 Å². The number of amides is 2. The van der Waals surface area contributed by atoms with Gasteiger partial charge in [-0.05, 0) is 0 Å². The monoisotopic (exact) mass is 622 g/mol. The zero-order valence-corrected chi connectivity index (χ0v) is 24.2. The molecule has 2 amide bonds. The minimum Gasteiger partial charge on any atom is -0.459 e. The smallest absolute Gasteiger partial charge is 0.287 e. The van der Waals surface area contributed by atoms with Gasteiger partial charge in [0.15, 0.2) is 12.6 Å². The van der Waals surface area contributed by atoms with E-state index < -0.39 is 123 Å². The van der Waals surface area contributed by atoms with E-state index in [2.05, 4.69) is 15.6 Å². The van der Waals surface area contributed by atoms with E-state index >= 15 is 0 Å². The van der Waals surface area contributed by atoms with Crippen molar-refractivity contribution in [1.29, 1.82) is 0 Å². The summed E-state index contributed by atoms with van der Waals surface area (Å²) in [6.07, 6.45) is -15.2. The lowest BCUT2D eigenvalue weighted by Gasteiger charge is -2.48. The van der Waals surface area contributed by atoms with Crippen LogP contribution in [0.15, 0.2) is 4.99 Å². The molecule has 3 aliphatic heterocycles. The van der Waals surface area contributed by atoms with Crippen LogP contribution < -0.4 is 10.6 Å². The van der Waals surface area contributed by atoms with Gasteiger partial charge in [-0.25, -0.2) is 4.99 Å². The molecule has 15 atom stereocenters. The highest BCUT2D eigenvalue weighted by Crippen LogP contribution is 2.39. The number of aliphatic imine (C=N–C) groups is 1. The van der Waals surface area contributed by atoms with Gasteiger partial charge in [-0.2, -0.15) is 0 Å². The predicted octanol–water partition coefficient (Wildman–Crippen LogP) is -6.05. The van der Waals surface area contributed by atoms with Gasteiger partial charge >= 0.3 is 0 Å². The Morgan fingerprint density at radius 3 is 1.84 bits per heavy atom. The summed E-state index contributed by atoms with van der Waals surface area (Å²) < 4.78 is 29.3. The number of carbonyl (C=O) groups is 2. The van der Waals surface area contributed by atoms with Gasteiger partial charge in [-0.1, -0.05) is 0 Å². The molecule has 4 rings (SSSR count). The molecule has 43 heavy (non-hydrogen) atoms. The first-order valence-corrected chi connectivity index (χ1v) is 14.0. The molecule has 0 bridgehead atoms. The summed E-state index contributed by atoms with van der Waals surface area (Å²) in [5, 5.41) is 78.3. The predicted molar refractivity (Wildman–Crippen MR) is 141 cm³/mol. The summed E-state index contributed by atoms with van der Waals surface area (Å²) in [6.45, 7) is 0.403. The third-order valence-corrected chi connectivity index (χ3v) is 8.02. The van der Waals surface area contributed by atoms with Gasteiger partial charge in [-0.15, -0.1) is 0 Å². The quantitative estimate of drug-likeness (QED) is 0.116. The Labute approximate surface area is 247 Å². The van der Waals surface area contributed by atoms with Gasteiger partial charge in [-0.3, -0.25) is 9.59 Å². The summed E-state index contributed by atoms with van der Waals surface area (Å²) >= 11 is 0. The largest absolute Gasteiger partial charge is 0.459 e. The fourth-order valence-electron chi connectivity index (χ4n) is 5.91. The first-order valence-electron chi connectivity index (χ1n) is 14.0. The summed E-state index contributed by atoms with van der Waals surface area (Å²) in [6, 6.07) is -3.21. The van der Waals surface area contributed by atoms with Gasteiger partial charge in [0, 0.05) is 27.9 Å². The molecule has 3 fully saturated rings. The molecule has 4 aliphatic rings. The van der Waals surface area contributed by atoms with Crippen molar-refractivity contribution in [2.24, 2.45) is 10.9 Å². The van der Waals surface area contributed by atoms with Crippen molar-refractivity contribution < 1.29 is 69.0 Å². The molecule has 0 radical (unpaired) electrons. The molecule has 0 aromatic heterocycles. The van der Waals surface area contributed by atoms with E-state index in [0.717, 1.165) is 6.92 Å². The second kappa shape index (κ2) is 13.8. The van der Waals surface area contributed by atoms with Crippen LogP contribution in [0.1, 0.15) is 13.8 Å².